The van der Waals surface area contributed by atoms with Crippen LogP contribution in [0.1, 0.15) is 48.9 Å². The average molecular weight is 329 g/mol. The number of benzene rings is 1. The van der Waals surface area contributed by atoms with Crippen molar-refractivity contribution < 1.29 is 14.3 Å². The highest BCUT2D eigenvalue weighted by molar-refractivity contribution is 5.99. The van der Waals surface area contributed by atoms with Gasteiger partial charge in [0, 0.05) is 6.54 Å². The topological polar surface area (TPSA) is 47.6 Å². The molecule has 1 aromatic rings. The molecule has 4 fully saturated rings. The third-order valence-electron chi connectivity index (χ3n) is 6.44. The molecule has 0 aromatic heterocycles. The van der Waals surface area contributed by atoms with Crippen LogP contribution in [0.4, 0.5) is 0 Å². The van der Waals surface area contributed by atoms with Gasteiger partial charge in [-0.15, -0.1) is 0 Å². The molecular weight excluding hydrogens is 302 g/mol. The van der Waals surface area contributed by atoms with Crippen molar-refractivity contribution in [1.29, 1.82) is 0 Å². The van der Waals surface area contributed by atoms with E-state index in [-0.39, 0.29) is 5.91 Å². The first-order valence-electron chi connectivity index (χ1n) is 9.11. The van der Waals surface area contributed by atoms with Crippen molar-refractivity contribution in [3.63, 3.8) is 0 Å². The van der Waals surface area contributed by atoms with Crippen LogP contribution in [-0.4, -0.2) is 26.7 Å². The molecule has 0 saturated heterocycles. The number of hydrogen-bond donors (Lipinski definition) is 1. The summed E-state index contributed by atoms with van der Waals surface area (Å²) in [4.78, 5) is 12.8. The highest BCUT2D eigenvalue weighted by Crippen LogP contribution is 2.59. The number of nitrogens with one attached hydrogen (secondary N) is 1. The fraction of sp³-hybridized carbons (Fsp3) is 0.650. The Morgan fingerprint density at radius 2 is 1.54 bits per heavy atom. The van der Waals surface area contributed by atoms with Gasteiger partial charge >= 0.3 is 0 Å². The summed E-state index contributed by atoms with van der Waals surface area (Å²) in [6.07, 6.45) is 8.15. The predicted octanol–water partition coefficient (Wildman–Crippen LogP) is 3.65. The Balaban J connectivity index is 1.50. The first-order valence-corrected chi connectivity index (χ1v) is 9.11. The second-order valence-corrected chi connectivity index (χ2v) is 8.14. The lowest BCUT2D eigenvalue weighted by Gasteiger charge is -2.56. The Morgan fingerprint density at radius 3 is 2.00 bits per heavy atom. The van der Waals surface area contributed by atoms with Gasteiger partial charge in [0.1, 0.15) is 17.1 Å². The average Bonchev–Trinajstić information content (AvgIpc) is 2.57. The van der Waals surface area contributed by atoms with Gasteiger partial charge in [0.05, 0.1) is 14.2 Å². The van der Waals surface area contributed by atoms with Gasteiger partial charge in [0.15, 0.2) is 0 Å². The molecule has 4 nitrogen and oxygen atoms in total. The molecule has 0 heterocycles. The van der Waals surface area contributed by atoms with Crippen LogP contribution in [0.2, 0.25) is 0 Å². The summed E-state index contributed by atoms with van der Waals surface area (Å²) in [6.45, 7) is 0.788. The van der Waals surface area contributed by atoms with Crippen LogP contribution in [-0.2, 0) is 0 Å². The second-order valence-electron chi connectivity index (χ2n) is 8.14. The maximum atomic E-state index is 12.8. The van der Waals surface area contributed by atoms with E-state index in [4.69, 9.17) is 9.47 Å². The van der Waals surface area contributed by atoms with Crippen molar-refractivity contribution in [3.8, 4) is 11.5 Å². The third-order valence-corrected chi connectivity index (χ3v) is 6.44. The highest BCUT2D eigenvalue weighted by atomic mass is 16.5. The molecule has 4 bridgehead atoms. The molecule has 1 N–H and O–H groups in total. The molecule has 24 heavy (non-hydrogen) atoms. The summed E-state index contributed by atoms with van der Waals surface area (Å²) in [5, 5.41) is 3.21. The number of rotatable bonds is 5. The van der Waals surface area contributed by atoms with Crippen molar-refractivity contribution in [3.05, 3.63) is 23.8 Å². The molecular formula is C20H27NO3. The minimum atomic E-state index is -0.0833. The van der Waals surface area contributed by atoms with E-state index in [1.165, 1.54) is 38.5 Å². The monoisotopic (exact) mass is 329 g/mol. The summed E-state index contributed by atoms with van der Waals surface area (Å²) < 4.78 is 10.7. The zero-order valence-electron chi connectivity index (χ0n) is 14.6. The van der Waals surface area contributed by atoms with Crippen LogP contribution in [0.15, 0.2) is 18.2 Å². The van der Waals surface area contributed by atoms with Crippen LogP contribution in [0.25, 0.3) is 0 Å². The van der Waals surface area contributed by atoms with E-state index >= 15 is 0 Å². The van der Waals surface area contributed by atoms with Crippen molar-refractivity contribution in [1.82, 2.24) is 5.32 Å². The summed E-state index contributed by atoms with van der Waals surface area (Å²) >= 11 is 0. The fourth-order valence-electron chi connectivity index (χ4n) is 5.94. The van der Waals surface area contributed by atoms with Gasteiger partial charge in [0.25, 0.3) is 5.91 Å². The number of hydrogen-bond acceptors (Lipinski definition) is 3. The zero-order chi connectivity index (χ0) is 16.7. The second kappa shape index (κ2) is 5.98. The highest BCUT2D eigenvalue weighted by Gasteiger charge is 2.50. The molecule has 1 amide bonds. The molecule has 0 atom stereocenters. The minimum absolute atomic E-state index is 0.0833. The van der Waals surface area contributed by atoms with Crippen molar-refractivity contribution >= 4 is 5.91 Å². The normalized spacial score (nSPS) is 33.3. The van der Waals surface area contributed by atoms with Crippen molar-refractivity contribution in [2.75, 3.05) is 20.8 Å². The maximum absolute atomic E-state index is 12.8. The molecule has 0 spiro atoms. The van der Waals surface area contributed by atoms with Gasteiger partial charge in [0.2, 0.25) is 0 Å². The Kier molecular flexibility index (Phi) is 3.93. The minimum Gasteiger partial charge on any atom is -0.496 e. The molecule has 0 unspecified atom stereocenters. The van der Waals surface area contributed by atoms with E-state index in [1.54, 1.807) is 14.2 Å². The molecule has 130 valence electrons. The van der Waals surface area contributed by atoms with Gasteiger partial charge in [-0.25, -0.2) is 0 Å². The molecule has 5 rings (SSSR count). The first-order chi connectivity index (χ1) is 11.6. The standard InChI is InChI=1S/C20H27NO3/c1-23-16-4-3-5-17(24-2)18(16)19(22)21-12-20-9-13-6-14(10-20)8-15(7-13)11-20/h3-5,13-15H,6-12H2,1-2H3,(H,21,22). The van der Waals surface area contributed by atoms with Crippen molar-refractivity contribution in [2.45, 2.75) is 38.5 Å². The molecule has 4 aliphatic rings. The number of carbonyl (C=O) groups excluding carboxylic acids is 1. The summed E-state index contributed by atoms with van der Waals surface area (Å²) in [7, 11) is 3.18. The number of amides is 1. The van der Waals surface area contributed by atoms with Crippen LogP contribution in [0, 0.1) is 23.2 Å². The zero-order valence-corrected chi connectivity index (χ0v) is 14.6. The quantitative estimate of drug-likeness (QED) is 0.897. The molecule has 4 saturated carbocycles. The van der Waals surface area contributed by atoms with E-state index in [0.717, 1.165) is 24.3 Å². The first kappa shape index (κ1) is 15.8. The van der Waals surface area contributed by atoms with Crippen molar-refractivity contribution in [2.24, 2.45) is 23.2 Å². The number of ether oxygens (including phenoxy) is 2. The van der Waals surface area contributed by atoms with E-state index in [2.05, 4.69) is 5.32 Å². The maximum Gasteiger partial charge on any atom is 0.258 e. The van der Waals surface area contributed by atoms with Crippen LogP contribution < -0.4 is 14.8 Å². The molecule has 4 aliphatic carbocycles. The lowest BCUT2D eigenvalue weighted by Crippen LogP contribution is -2.51. The van der Waals surface area contributed by atoms with Gasteiger partial charge in [-0.1, -0.05) is 6.07 Å². The van der Waals surface area contributed by atoms with Gasteiger partial charge in [-0.2, -0.15) is 0 Å². The van der Waals surface area contributed by atoms with E-state index in [1.807, 2.05) is 18.2 Å². The summed E-state index contributed by atoms with van der Waals surface area (Å²) in [5.41, 5.74) is 0.840. The Morgan fingerprint density at radius 1 is 1.04 bits per heavy atom. The van der Waals surface area contributed by atoms with Crippen LogP contribution >= 0.6 is 0 Å². The van der Waals surface area contributed by atoms with Gasteiger partial charge in [-0.05, 0) is 73.8 Å². The van der Waals surface area contributed by atoms with E-state index in [9.17, 15) is 4.79 Å². The Hall–Kier alpha value is -1.71. The van der Waals surface area contributed by atoms with Gasteiger partial charge < -0.3 is 14.8 Å². The molecule has 0 aliphatic heterocycles. The molecule has 0 radical (unpaired) electrons. The van der Waals surface area contributed by atoms with Crippen LogP contribution in [0.5, 0.6) is 11.5 Å². The SMILES string of the molecule is COc1cccc(OC)c1C(=O)NCC12CC3CC(CC(C3)C1)C2. The van der Waals surface area contributed by atoms with Crippen LogP contribution in [0.3, 0.4) is 0 Å². The third kappa shape index (κ3) is 2.66. The van der Waals surface area contributed by atoms with E-state index < -0.39 is 0 Å². The van der Waals surface area contributed by atoms with E-state index in [0.29, 0.717) is 22.5 Å². The molecule has 4 heteroatoms. The number of methoxy groups -OCH3 is 2. The summed E-state index contributed by atoms with van der Waals surface area (Å²) in [6, 6.07) is 5.46. The number of carbonyl (C=O) groups is 1. The molecule has 1 aromatic carbocycles. The predicted molar refractivity (Wildman–Crippen MR) is 92.5 cm³/mol. The smallest absolute Gasteiger partial charge is 0.258 e. The lowest BCUT2D eigenvalue weighted by molar-refractivity contribution is -0.0503. The fourth-order valence-corrected chi connectivity index (χ4v) is 5.94. The Bertz CT molecular complexity index is 582. The largest absolute Gasteiger partial charge is 0.496 e. The van der Waals surface area contributed by atoms with Gasteiger partial charge in [-0.3, -0.25) is 4.79 Å². The lowest BCUT2D eigenvalue weighted by atomic mass is 9.49. The summed E-state index contributed by atoms with van der Waals surface area (Å²) in [5.74, 6) is 3.74. The Labute approximate surface area is 143 Å².